The zero-order chi connectivity index (χ0) is 24.9. The lowest BCUT2D eigenvalue weighted by Gasteiger charge is -2.31. The Hall–Kier alpha value is -3.72. The van der Waals surface area contributed by atoms with E-state index in [-0.39, 0.29) is 24.0 Å². The van der Waals surface area contributed by atoms with E-state index in [4.69, 9.17) is 4.74 Å². The Balaban J connectivity index is 1.05. The molecule has 0 spiro atoms. The van der Waals surface area contributed by atoms with Crippen LogP contribution in [0.4, 0.5) is 0 Å². The Bertz CT molecular complexity index is 1230. The number of nitrogens with zero attached hydrogens (tertiary/aromatic N) is 5. The van der Waals surface area contributed by atoms with Gasteiger partial charge < -0.3 is 4.74 Å². The molecular formula is C27H31N5O4. The highest BCUT2D eigenvalue weighted by Gasteiger charge is 2.34. The first-order valence-electron chi connectivity index (χ1n) is 12.6. The van der Waals surface area contributed by atoms with E-state index in [0.29, 0.717) is 43.2 Å². The van der Waals surface area contributed by atoms with E-state index < -0.39 is 0 Å². The molecule has 0 atom stereocenters. The molecule has 0 bridgehead atoms. The maximum absolute atomic E-state index is 12.8. The van der Waals surface area contributed by atoms with Crippen LogP contribution in [0.5, 0.6) is 5.75 Å². The van der Waals surface area contributed by atoms with Crippen molar-refractivity contribution in [1.29, 1.82) is 0 Å². The van der Waals surface area contributed by atoms with Crippen molar-refractivity contribution in [3.63, 3.8) is 0 Å². The maximum atomic E-state index is 12.8. The number of imide groups is 1. The number of fused-ring (bicyclic) bond motifs is 1. The summed E-state index contributed by atoms with van der Waals surface area (Å²) in [6.45, 7) is 4.83. The Morgan fingerprint density at radius 1 is 0.833 bits per heavy atom. The molecule has 2 aliphatic rings. The van der Waals surface area contributed by atoms with Crippen molar-refractivity contribution in [2.45, 2.75) is 32.4 Å². The van der Waals surface area contributed by atoms with Gasteiger partial charge in [0.15, 0.2) is 0 Å². The maximum Gasteiger partial charge on any atom is 0.345 e. The summed E-state index contributed by atoms with van der Waals surface area (Å²) in [7, 11) is 0. The average molecular weight is 490 g/mol. The number of piperidine rings is 1. The van der Waals surface area contributed by atoms with Crippen LogP contribution in [0.1, 0.15) is 40.0 Å². The third-order valence-corrected chi connectivity index (χ3v) is 7.01. The van der Waals surface area contributed by atoms with Gasteiger partial charge in [-0.1, -0.05) is 30.3 Å². The van der Waals surface area contributed by atoms with Crippen LogP contribution in [0.25, 0.3) is 0 Å². The van der Waals surface area contributed by atoms with E-state index in [2.05, 4.69) is 10.00 Å². The molecule has 9 nitrogen and oxygen atoms in total. The second kappa shape index (κ2) is 10.9. The molecule has 0 aliphatic carbocycles. The third kappa shape index (κ3) is 5.26. The van der Waals surface area contributed by atoms with Gasteiger partial charge in [-0.25, -0.2) is 9.48 Å². The highest BCUT2D eigenvalue weighted by Crippen LogP contribution is 2.22. The van der Waals surface area contributed by atoms with E-state index in [1.165, 1.54) is 9.58 Å². The first kappa shape index (κ1) is 24.0. The predicted molar refractivity (Wildman–Crippen MR) is 134 cm³/mol. The number of hydrogen-bond acceptors (Lipinski definition) is 6. The van der Waals surface area contributed by atoms with Gasteiger partial charge in [-0.3, -0.25) is 24.0 Å². The Morgan fingerprint density at radius 3 is 2.19 bits per heavy atom. The van der Waals surface area contributed by atoms with Gasteiger partial charge in [-0.2, -0.15) is 5.10 Å². The molecule has 2 amide bonds. The molecule has 1 fully saturated rings. The van der Waals surface area contributed by atoms with Crippen molar-refractivity contribution in [3.8, 4) is 5.75 Å². The Kier molecular flexibility index (Phi) is 7.27. The fourth-order valence-electron chi connectivity index (χ4n) is 4.95. The van der Waals surface area contributed by atoms with Crippen molar-refractivity contribution in [2.24, 2.45) is 5.92 Å². The number of aryl methyl sites for hydroxylation is 1. The third-order valence-electron chi connectivity index (χ3n) is 7.01. The molecule has 36 heavy (non-hydrogen) atoms. The van der Waals surface area contributed by atoms with Crippen molar-refractivity contribution in [3.05, 3.63) is 82.5 Å². The van der Waals surface area contributed by atoms with Gasteiger partial charge in [0.2, 0.25) is 0 Å². The normalized spacial score (nSPS) is 16.5. The Morgan fingerprint density at radius 2 is 1.50 bits per heavy atom. The van der Waals surface area contributed by atoms with Crippen molar-refractivity contribution in [1.82, 2.24) is 24.1 Å². The minimum absolute atomic E-state index is 0.143. The second-order valence-corrected chi connectivity index (χ2v) is 9.40. The van der Waals surface area contributed by atoms with Crippen LogP contribution in [0.2, 0.25) is 0 Å². The zero-order valence-corrected chi connectivity index (χ0v) is 20.3. The summed E-state index contributed by atoms with van der Waals surface area (Å²) in [5.74, 6) is 0.787. The number of rotatable bonds is 10. The average Bonchev–Trinajstić information content (AvgIpc) is 3.37. The number of carbonyl (C=O) groups is 2. The molecule has 188 valence electrons. The topological polar surface area (TPSA) is 89.7 Å². The molecule has 0 N–H and O–H groups in total. The van der Waals surface area contributed by atoms with Crippen LogP contribution in [0, 0.1) is 5.92 Å². The molecule has 3 aromatic rings. The van der Waals surface area contributed by atoms with Crippen LogP contribution in [-0.4, -0.2) is 68.7 Å². The molecule has 5 rings (SSSR count). The molecule has 1 aromatic heterocycles. The van der Waals surface area contributed by atoms with Crippen LogP contribution < -0.4 is 10.4 Å². The molecule has 2 aromatic carbocycles. The first-order valence-corrected chi connectivity index (χ1v) is 12.6. The summed E-state index contributed by atoms with van der Waals surface area (Å²) >= 11 is 0. The van der Waals surface area contributed by atoms with Gasteiger partial charge in [0.05, 0.1) is 11.1 Å². The van der Waals surface area contributed by atoms with Gasteiger partial charge in [0, 0.05) is 26.2 Å². The quantitative estimate of drug-likeness (QED) is 0.407. The number of aromatic nitrogens is 3. The van der Waals surface area contributed by atoms with Crippen LogP contribution in [0.3, 0.4) is 0 Å². The second-order valence-electron chi connectivity index (χ2n) is 9.40. The van der Waals surface area contributed by atoms with Crippen LogP contribution >= 0.6 is 0 Å². The molecule has 0 unspecified atom stereocenters. The highest BCUT2D eigenvalue weighted by molar-refractivity contribution is 6.21. The summed E-state index contributed by atoms with van der Waals surface area (Å²) < 4.78 is 8.91. The Labute approximate surface area is 209 Å². The lowest BCUT2D eigenvalue weighted by Crippen LogP contribution is -2.38. The number of benzene rings is 2. The summed E-state index contributed by atoms with van der Waals surface area (Å²) in [6, 6.07) is 16.7. The van der Waals surface area contributed by atoms with Gasteiger partial charge >= 0.3 is 5.69 Å². The minimum atomic E-state index is -0.272. The van der Waals surface area contributed by atoms with E-state index in [0.717, 1.165) is 38.2 Å². The molecule has 9 heteroatoms. The van der Waals surface area contributed by atoms with Gasteiger partial charge in [-0.15, -0.1) is 0 Å². The molecule has 0 saturated carbocycles. The lowest BCUT2D eigenvalue weighted by molar-refractivity contribution is 0.0650. The summed E-state index contributed by atoms with van der Waals surface area (Å²) in [5, 5.41) is 4.26. The number of hydrogen-bond donors (Lipinski definition) is 0. The highest BCUT2D eigenvalue weighted by atomic mass is 16.5. The number of ether oxygens (including phenoxy) is 1. The number of carbonyl (C=O) groups excluding carboxylic acids is 2. The molecule has 3 heterocycles. The number of para-hydroxylation sites is 1. The molecule has 0 radical (unpaired) electrons. The summed E-state index contributed by atoms with van der Waals surface area (Å²) in [5.41, 5.74) is 0.744. The van der Waals surface area contributed by atoms with Gasteiger partial charge in [0.25, 0.3) is 11.8 Å². The van der Waals surface area contributed by atoms with E-state index in [1.54, 1.807) is 35.2 Å². The van der Waals surface area contributed by atoms with Crippen molar-refractivity contribution >= 4 is 11.8 Å². The molecule has 2 aliphatic heterocycles. The zero-order valence-electron chi connectivity index (χ0n) is 20.3. The standard InChI is InChI=1S/C27H31N5O4/c33-25-23-9-4-5-10-24(23)26(34)31(25)13-6-14-32-27(35)30(20-28-32)19-21-11-15-29(16-12-21)17-18-36-22-7-2-1-3-8-22/h1-5,7-10,20-21H,6,11-19H2. The minimum Gasteiger partial charge on any atom is -0.492 e. The predicted octanol–water partition coefficient (Wildman–Crippen LogP) is 2.52. The fourth-order valence-corrected chi connectivity index (χ4v) is 4.95. The largest absolute Gasteiger partial charge is 0.492 e. The first-order chi connectivity index (χ1) is 17.6. The smallest absolute Gasteiger partial charge is 0.345 e. The van der Waals surface area contributed by atoms with Gasteiger partial charge in [-0.05, 0) is 62.5 Å². The van der Waals surface area contributed by atoms with Crippen LogP contribution in [-0.2, 0) is 13.1 Å². The van der Waals surface area contributed by atoms with E-state index >= 15 is 0 Å². The fraction of sp³-hybridized carbons (Fsp3) is 0.407. The van der Waals surface area contributed by atoms with Crippen LogP contribution in [0.15, 0.2) is 65.7 Å². The SMILES string of the molecule is O=C1c2ccccc2C(=O)N1CCCn1ncn(CC2CCN(CCOc3ccccc3)CC2)c1=O. The number of likely N-dealkylation sites (tertiary alicyclic amines) is 1. The van der Waals surface area contributed by atoms with E-state index in [9.17, 15) is 14.4 Å². The monoisotopic (exact) mass is 489 g/mol. The number of amides is 2. The molecular weight excluding hydrogens is 458 g/mol. The molecule has 1 saturated heterocycles. The van der Waals surface area contributed by atoms with Crippen molar-refractivity contribution < 1.29 is 14.3 Å². The lowest BCUT2D eigenvalue weighted by atomic mass is 9.97. The summed E-state index contributed by atoms with van der Waals surface area (Å²) in [4.78, 5) is 41.5. The van der Waals surface area contributed by atoms with Crippen molar-refractivity contribution in [2.75, 3.05) is 32.8 Å². The van der Waals surface area contributed by atoms with E-state index in [1.807, 2.05) is 30.3 Å². The van der Waals surface area contributed by atoms with Gasteiger partial charge in [0.1, 0.15) is 18.7 Å². The summed E-state index contributed by atoms with van der Waals surface area (Å²) in [6.07, 6.45) is 4.14.